The molecule has 3 rings (SSSR count). The molecule has 1 fully saturated rings. The molecule has 1 N–H and O–H groups in total. The maximum Gasteiger partial charge on any atom is 0.313 e. The molecule has 2 aromatic rings. The molecule has 0 saturated heterocycles. The van der Waals surface area contributed by atoms with Crippen LogP contribution in [0.4, 0.5) is 4.39 Å². The predicted molar refractivity (Wildman–Crippen MR) is 76.8 cm³/mol. The van der Waals surface area contributed by atoms with E-state index in [9.17, 15) is 9.18 Å². The van der Waals surface area contributed by atoms with E-state index >= 15 is 0 Å². The standard InChI is InChI=1S/C14H14FN3O2S/c1-8-4-9(6-10(15)5-8)13-16-17-14(21-7-12(19)20)18(13)11-2-3-11/h4-6,11H,2-3,7H2,1H3,(H,19,20). The fourth-order valence-corrected chi connectivity index (χ4v) is 2.95. The maximum atomic E-state index is 13.6. The van der Waals surface area contributed by atoms with Crippen molar-refractivity contribution < 1.29 is 14.3 Å². The molecule has 5 nitrogen and oxygen atoms in total. The van der Waals surface area contributed by atoms with Gasteiger partial charge in [0.1, 0.15) is 5.82 Å². The van der Waals surface area contributed by atoms with Gasteiger partial charge in [-0.2, -0.15) is 0 Å². The normalized spacial score (nSPS) is 14.4. The highest BCUT2D eigenvalue weighted by Gasteiger charge is 2.30. The summed E-state index contributed by atoms with van der Waals surface area (Å²) in [6, 6.07) is 5.04. The van der Waals surface area contributed by atoms with E-state index in [1.807, 2.05) is 17.6 Å². The van der Waals surface area contributed by atoms with Crippen LogP contribution in [0.5, 0.6) is 0 Å². The highest BCUT2D eigenvalue weighted by molar-refractivity contribution is 7.99. The number of aliphatic carboxylic acids is 1. The molecule has 0 bridgehead atoms. The van der Waals surface area contributed by atoms with Crippen molar-refractivity contribution in [1.82, 2.24) is 14.8 Å². The first-order chi connectivity index (χ1) is 10.0. The molecule has 0 aliphatic heterocycles. The Bertz CT molecular complexity index is 677. The van der Waals surface area contributed by atoms with Crippen LogP contribution in [0.2, 0.25) is 0 Å². The molecule has 1 heterocycles. The lowest BCUT2D eigenvalue weighted by molar-refractivity contribution is -0.133. The minimum Gasteiger partial charge on any atom is -0.481 e. The number of carboxylic acids is 1. The molecule has 0 atom stereocenters. The van der Waals surface area contributed by atoms with Gasteiger partial charge < -0.3 is 5.11 Å². The molecule has 21 heavy (non-hydrogen) atoms. The van der Waals surface area contributed by atoms with Crippen LogP contribution < -0.4 is 0 Å². The Morgan fingerprint density at radius 1 is 1.43 bits per heavy atom. The summed E-state index contributed by atoms with van der Waals surface area (Å²) in [4.78, 5) is 10.7. The van der Waals surface area contributed by atoms with Crippen molar-refractivity contribution in [2.45, 2.75) is 31.0 Å². The van der Waals surface area contributed by atoms with Gasteiger partial charge >= 0.3 is 5.97 Å². The molecular weight excluding hydrogens is 293 g/mol. The van der Waals surface area contributed by atoms with Crippen LogP contribution in [-0.2, 0) is 4.79 Å². The van der Waals surface area contributed by atoms with Gasteiger partial charge in [-0.25, -0.2) is 4.39 Å². The molecule has 1 aromatic heterocycles. The fraction of sp³-hybridized carbons (Fsp3) is 0.357. The summed E-state index contributed by atoms with van der Waals surface area (Å²) < 4.78 is 15.5. The minimum atomic E-state index is -0.895. The Morgan fingerprint density at radius 3 is 2.81 bits per heavy atom. The average molecular weight is 307 g/mol. The second-order valence-electron chi connectivity index (χ2n) is 5.11. The SMILES string of the molecule is Cc1cc(F)cc(-c2nnc(SCC(=O)O)n2C2CC2)c1. The highest BCUT2D eigenvalue weighted by atomic mass is 32.2. The second kappa shape index (κ2) is 5.48. The van der Waals surface area contributed by atoms with Gasteiger partial charge in [0.25, 0.3) is 0 Å². The van der Waals surface area contributed by atoms with Crippen LogP contribution >= 0.6 is 11.8 Å². The van der Waals surface area contributed by atoms with Crippen molar-refractivity contribution in [3.63, 3.8) is 0 Å². The zero-order chi connectivity index (χ0) is 15.0. The third kappa shape index (κ3) is 3.07. The number of aryl methyl sites for hydroxylation is 1. The molecule has 7 heteroatoms. The molecule has 1 aliphatic carbocycles. The van der Waals surface area contributed by atoms with E-state index in [0.717, 1.165) is 30.2 Å². The molecule has 0 spiro atoms. The molecule has 0 unspecified atom stereocenters. The summed E-state index contributed by atoms with van der Waals surface area (Å²) >= 11 is 1.14. The van der Waals surface area contributed by atoms with Gasteiger partial charge in [-0.15, -0.1) is 10.2 Å². The van der Waals surface area contributed by atoms with E-state index in [2.05, 4.69) is 10.2 Å². The number of aromatic nitrogens is 3. The van der Waals surface area contributed by atoms with Crippen LogP contribution in [0.3, 0.4) is 0 Å². The minimum absolute atomic E-state index is 0.0625. The lowest BCUT2D eigenvalue weighted by atomic mass is 10.1. The van der Waals surface area contributed by atoms with Gasteiger partial charge in [-0.1, -0.05) is 11.8 Å². The lowest BCUT2D eigenvalue weighted by Gasteiger charge is -2.09. The molecule has 0 radical (unpaired) electrons. The largest absolute Gasteiger partial charge is 0.481 e. The van der Waals surface area contributed by atoms with Gasteiger partial charge in [0.2, 0.25) is 0 Å². The highest BCUT2D eigenvalue weighted by Crippen LogP contribution is 2.41. The first-order valence-corrected chi connectivity index (χ1v) is 7.60. The van der Waals surface area contributed by atoms with E-state index in [1.165, 1.54) is 12.1 Å². The Balaban J connectivity index is 2.00. The number of halogens is 1. The number of thioether (sulfide) groups is 1. The molecule has 110 valence electrons. The zero-order valence-electron chi connectivity index (χ0n) is 11.4. The maximum absolute atomic E-state index is 13.6. The van der Waals surface area contributed by atoms with Gasteiger partial charge in [-0.3, -0.25) is 9.36 Å². The monoisotopic (exact) mass is 307 g/mol. The summed E-state index contributed by atoms with van der Waals surface area (Å²) in [5.41, 5.74) is 1.49. The van der Waals surface area contributed by atoms with E-state index in [-0.39, 0.29) is 17.6 Å². The van der Waals surface area contributed by atoms with Gasteiger partial charge in [0.05, 0.1) is 5.75 Å². The smallest absolute Gasteiger partial charge is 0.313 e. The average Bonchev–Trinajstić information content (AvgIpc) is 3.15. The van der Waals surface area contributed by atoms with Crippen molar-refractivity contribution >= 4 is 17.7 Å². The Morgan fingerprint density at radius 2 is 2.19 bits per heavy atom. The van der Waals surface area contributed by atoms with Gasteiger partial charge in [0.15, 0.2) is 11.0 Å². The molecule has 1 saturated carbocycles. The summed E-state index contributed by atoms with van der Waals surface area (Å²) in [5, 5.41) is 17.6. The van der Waals surface area contributed by atoms with E-state index < -0.39 is 5.97 Å². The molecule has 1 aliphatic rings. The van der Waals surface area contributed by atoms with Gasteiger partial charge in [-0.05, 0) is 43.5 Å². The van der Waals surface area contributed by atoms with E-state index in [1.54, 1.807) is 0 Å². The first kappa shape index (κ1) is 14.1. The Kier molecular flexibility index (Phi) is 3.67. The zero-order valence-corrected chi connectivity index (χ0v) is 12.2. The van der Waals surface area contributed by atoms with Crippen LogP contribution in [0.25, 0.3) is 11.4 Å². The number of carbonyl (C=O) groups is 1. The number of rotatable bonds is 5. The lowest BCUT2D eigenvalue weighted by Crippen LogP contribution is -2.03. The van der Waals surface area contributed by atoms with Crippen molar-refractivity contribution in [3.8, 4) is 11.4 Å². The Labute approximate surface area is 125 Å². The first-order valence-electron chi connectivity index (χ1n) is 6.61. The van der Waals surface area contributed by atoms with Crippen LogP contribution in [-0.4, -0.2) is 31.6 Å². The quantitative estimate of drug-likeness (QED) is 0.860. The fourth-order valence-electron chi connectivity index (χ4n) is 2.23. The molecule has 0 amide bonds. The van der Waals surface area contributed by atoms with E-state index in [4.69, 9.17) is 5.11 Å². The van der Waals surface area contributed by atoms with Crippen LogP contribution in [0.1, 0.15) is 24.4 Å². The second-order valence-corrected chi connectivity index (χ2v) is 6.05. The number of hydrogen-bond acceptors (Lipinski definition) is 4. The Hall–Kier alpha value is -1.89. The summed E-state index contributed by atoms with van der Waals surface area (Å²) in [7, 11) is 0. The third-order valence-corrected chi connectivity index (χ3v) is 4.13. The van der Waals surface area contributed by atoms with Crippen molar-refractivity contribution in [2.24, 2.45) is 0 Å². The predicted octanol–water partition coefficient (Wildman–Crippen LogP) is 2.90. The number of carboxylic acid groups (broad SMARTS) is 1. The number of nitrogens with zero attached hydrogens (tertiary/aromatic N) is 3. The molecular formula is C14H14FN3O2S. The summed E-state index contributed by atoms with van der Waals surface area (Å²) in [5.74, 6) is -0.663. The third-order valence-electron chi connectivity index (χ3n) is 3.20. The summed E-state index contributed by atoms with van der Waals surface area (Å²) in [6.45, 7) is 1.82. The molecule has 1 aromatic carbocycles. The van der Waals surface area contributed by atoms with Crippen molar-refractivity contribution in [2.75, 3.05) is 5.75 Å². The van der Waals surface area contributed by atoms with Crippen molar-refractivity contribution in [3.05, 3.63) is 29.6 Å². The topological polar surface area (TPSA) is 68.0 Å². The summed E-state index contributed by atoms with van der Waals surface area (Å²) in [6.07, 6.45) is 2.03. The number of hydrogen-bond donors (Lipinski definition) is 1. The van der Waals surface area contributed by atoms with Crippen LogP contribution in [0.15, 0.2) is 23.4 Å². The van der Waals surface area contributed by atoms with E-state index in [0.29, 0.717) is 16.5 Å². The van der Waals surface area contributed by atoms with Crippen molar-refractivity contribution in [1.29, 1.82) is 0 Å². The van der Waals surface area contributed by atoms with Gasteiger partial charge in [0, 0.05) is 11.6 Å². The van der Waals surface area contributed by atoms with Crippen LogP contribution in [0, 0.1) is 12.7 Å². The number of benzene rings is 1.